The number of likely N-dealkylation sites (N-methyl/N-ethyl adjacent to an activating group) is 2. The zero-order valence-corrected chi connectivity index (χ0v) is 12.4. The summed E-state index contributed by atoms with van der Waals surface area (Å²) in [5.74, 6) is -0.733. The van der Waals surface area contributed by atoms with Crippen LogP contribution in [0.1, 0.15) is 39.5 Å². The number of rotatable bonds is 9. The SMILES string of the molecule is CCNC(CC)(CCCN(C)C1CCOC1)C(=O)O. The molecule has 1 aliphatic heterocycles. The Labute approximate surface area is 116 Å². The lowest BCUT2D eigenvalue weighted by Crippen LogP contribution is -2.52. The van der Waals surface area contributed by atoms with Crippen molar-refractivity contribution >= 4 is 5.97 Å². The fourth-order valence-corrected chi connectivity index (χ4v) is 2.74. The lowest BCUT2D eigenvalue weighted by atomic mass is 9.90. The Bertz CT molecular complexity index is 280. The lowest BCUT2D eigenvalue weighted by molar-refractivity contribution is -0.145. The molecule has 2 atom stereocenters. The second kappa shape index (κ2) is 7.82. The van der Waals surface area contributed by atoms with Gasteiger partial charge in [0.05, 0.1) is 6.61 Å². The van der Waals surface area contributed by atoms with Crippen LogP contribution in [0.3, 0.4) is 0 Å². The molecule has 1 rings (SSSR count). The van der Waals surface area contributed by atoms with Gasteiger partial charge in [0.1, 0.15) is 5.54 Å². The highest BCUT2D eigenvalue weighted by molar-refractivity contribution is 5.78. The highest BCUT2D eigenvalue weighted by Crippen LogP contribution is 2.19. The molecule has 1 fully saturated rings. The van der Waals surface area contributed by atoms with E-state index in [1.807, 2.05) is 13.8 Å². The second-order valence-corrected chi connectivity index (χ2v) is 5.37. The number of hydrogen-bond acceptors (Lipinski definition) is 4. The molecule has 0 amide bonds. The number of carboxylic acid groups (broad SMARTS) is 1. The summed E-state index contributed by atoms with van der Waals surface area (Å²) in [4.78, 5) is 13.8. The highest BCUT2D eigenvalue weighted by atomic mass is 16.5. The van der Waals surface area contributed by atoms with E-state index in [-0.39, 0.29) is 0 Å². The number of carbonyl (C=O) groups is 1. The molecule has 5 heteroatoms. The Morgan fingerprint density at radius 1 is 1.53 bits per heavy atom. The number of ether oxygens (including phenoxy) is 1. The first kappa shape index (κ1) is 16.4. The maximum Gasteiger partial charge on any atom is 0.323 e. The molecule has 1 saturated heterocycles. The first-order valence-electron chi connectivity index (χ1n) is 7.32. The molecule has 112 valence electrons. The Balaban J connectivity index is 2.40. The van der Waals surface area contributed by atoms with Gasteiger partial charge < -0.3 is 20.1 Å². The maximum absolute atomic E-state index is 11.5. The van der Waals surface area contributed by atoms with Gasteiger partial charge in [-0.3, -0.25) is 4.79 Å². The lowest BCUT2D eigenvalue weighted by Gasteiger charge is -2.30. The topological polar surface area (TPSA) is 61.8 Å². The summed E-state index contributed by atoms with van der Waals surface area (Å²) in [7, 11) is 2.10. The van der Waals surface area contributed by atoms with Crippen molar-refractivity contribution in [2.75, 3.05) is 33.4 Å². The van der Waals surface area contributed by atoms with E-state index in [1.165, 1.54) is 0 Å². The van der Waals surface area contributed by atoms with Gasteiger partial charge in [0.2, 0.25) is 0 Å². The molecule has 0 aromatic heterocycles. The number of nitrogens with zero attached hydrogens (tertiary/aromatic N) is 1. The van der Waals surface area contributed by atoms with Gasteiger partial charge in [-0.15, -0.1) is 0 Å². The van der Waals surface area contributed by atoms with Crippen LogP contribution in [-0.4, -0.2) is 60.9 Å². The van der Waals surface area contributed by atoms with Gasteiger partial charge in [0, 0.05) is 12.6 Å². The number of carboxylic acids is 1. The van der Waals surface area contributed by atoms with Gasteiger partial charge in [-0.25, -0.2) is 0 Å². The molecule has 5 nitrogen and oxygen atoms in total. The molecule has 0 spiro atoms. The smallest absolute Gasteiger partial charge is 0.323 e. The van der Waals surface area contributed by atoms with Gasteiger partial charge >= 0.3 is 5.97 Å². The van der Waals surface area contributed by atoms with Crippen LogP contribution in [0.5, 0.6) is 0 Å². The predicted molar refractivity (Wildman–Crippen MR) is 75.4 cm³/mol. The summed E-state index contributed by atoms with van der Waals surface area (Å²) in [6.07, 6.45) is 3.26. The summed E-state index contributed by atoms with van der Waals surface area (Å²) in [6, 6.07) is 0.500. The third-order valence-corrected chi connectivity index (χ3v) is 4.17. The van der Waals surface area contributed by atoms with Crippen molar-refractivity contribution in [2.24, 2.45) is 0 Å². The molecule has 0 radical (unpaired) electrons. The van der Waals surface area contributed by atoms with E-state index in [0.717, 1.165) is 32.6 Å². The van der Waals surface area contributed by atoms with Crippen molar-refractivity contribution in [3.8, 4) is 0 Å². The van der Waals surface area contributed by atoms with Crippen LogP contribution in [0.25, 0.3) is 0 Å². The Morgan fingerprint density at radius 3 is 2.74 bits per heavy atom. The molecule has 19 heavy (non-hydrogen) atoms. The first-order valence-corrected chi connectivity index (χ1v) is 7.32. The highest BCUT2D eigenvalue weighted by Gasteiger charge is 2.35. The number of hydrogen-bond donors (Lipinski definition) is 2. The quantitative estimate of drug-likeness (QED) is 0.663. The molecule has 1 heterocycles. The first-order chi connectivity index (χ1) is 9.05. The molecule has 2 N–H and O–H groups in total. The van der Waals surface area contributed by atoms with Gasteiger partial charge in [0.15, 0.2) is 0 Å². The van der Waals surface area contributed by atoms with Crippen molar-refractivity contribution < 1.29 is 14.6 Å². The van der Waals surface area contributed by atoms with E-state index in [1.54, 1.807) is 0 Å². The molecule has 0 bridgehead atoms. The number of aliphatic carboxylic acids is 1. The zero-order chi connectivity index (χ0) is 14.3. The van der Waals surface area contributed by atoms with Crippen molar-refractivity contribution in [1.29, 1.82) is 0 Å². The Kier molecular flexibility index (Phi) is 6.75. The molecule has 2 unspecified atom stereocenters. The van der Waals surface area contributed by atoms with Gasteiger partial charge in [-0.2, -0.15) is 0 Å². The van der Waals surface area contributed by atoms with E-state index < -0.39 is 11.5 Å². The Hall–Kier alpha value is -0.650. The molecule has 0 saturated carbocycles. The van der Waals surface area contributed by atoms with Crippen molar-refractivity contribution in [1.82, 2.24) is 10.2 Å². The summed E-state index contributed by atoms with van der Waals surface area (Å²) < 4.78 is 5.38. The average molecular weight is 272 g/mol. The minimum atomic E-state index is -0.762. The predicted octanol–water partition coefficient (Wildman–Crippen LogP) is 1.33. The number of nitrogens with one attached hydrogen (secondary N) is 1. The fourth-order valence-electron chi connectivity index (χ4n) is 2.74. The minimum Gasteiger partial charge on any atom is -0.480 e. The van der Waals surface area contributed by atoms with Gasteiger partial charge in [0.25, 0.3) is 0 Å². The summed E-state index contributed by atoms with van der Waals surface area (Å²) in [5.41, 5.74) is -0.762. The van der Waals surface area contributed by atoms with E-state index in [4.69, 9.17) is 4.74 Å². The minimum absolute atomic E-state index is 0.500. The molecule has 1 aliphatic rings. The van der Waals surface area contributed by atoms with Crippen LogP contribution in [0.4, 0.5) is 0 Å². The molecule has 0 aromatic carbocycles. The van der Waals surface area contributed by atoms with Crippen molar-refractivity contribution in [2.45, 2.75) is 51.1 Å². The molecule has 0 aliphatic carbocycles. The largest absolute Gasteiger partial charge is 0.480 e. The third kappa shape index (κ3) is 4.44. The second-order valence-electron chi connectivity index (χ2n) is 5.37. The van der Waals surface area contributed by atoms with E-state index in [0.29, 0.717) is 25.4 Å². The van der Waals surface area contributed by atoms with Gasteiger partial charge in [-0.1, -0.05) is 13.8 Å². The van der Waals surface area contributed by atoms with E-state index >= 15 is 0 Å². The maximum atomic E-state index is 11.5. The van der Waals surface area contributed by atoms with E-state index in [2.05, 4.69) is 17.3 Å². The van der Waals surface area contributed by atoms with Crippen LogP contribution >= 0.6 is 0 Å². The van der Waals surface area contributed by atoms with Crippen LogP contribution in [0.2, 0.25) is 0 Å². The monoisotopic (exact) mass is 272 g/mol. The summed E-state index contributed by atoms with van der Waals surface area (Å²) >= 11 is 0. The fraction of sp³-hybridized carbons (Fsp3) is 0.929. The van der Waals surface area contributed by atoms with Crippen LogP contribution in [0.15, 0.2) is 0 Å². The zero-order valence-electron chi connectivity index (χ0n) is 12.4. The molecular formula is C14H28N2O3. The van der Waals surface area contributed by atoms with Crippen molar-refractivity contribution in [3.63, 3.8) is 0 Å². The van der Waals surface area contributed by atoms with E-state index in [9.17, 15) is 9.90 Å². The Morgan fingerprint density at radius 2 is 2.26 bits per heavy atom. The van der Waals surface area contributed by atoms with Crippen LogP contribution in [-0.2, 0) is 9.53 Å². The average Bonchev–Trinajstić information content (AvgIpc) is 2.91. The standard InChI is InChI=1S/C14H28N2O3/c1-4-14(13(17)18,15-5-2)8-6-9-16(3)12-7-10-19-11-12/h12,15H,4-11H2,1-3H3,(H,17,18). The normalized spacial score (nSPS) is 22.6. The summed E-state index contributed by atoms with van der Waals surface area (Å²) in [6.45, 7) is 7.16. The molecule has 0 aromatic rings. The third-order valence-electron chi connectivity index (χ3n) is 4.17. The van der Waals surface area contributed by atoms with Crippen molar-refractivity contribution in [3.05, 3.63) is 0 Å². The molecular weight excluding hydrogens is 244 g/mol. The van der Waals surface area contributed by atoms with Crippen LogP contribution < -0.4 is 5.32 Å². The summed E-state index contributed by atoms with van der Waals surface area (Å²) in [5, 5.41) is 12.6. The van der Waals surface area contributed by atoms with Gasteiger partial charge in [-0.05, 0) is 45.8 Å². The van der Waals surface area contributed by atoms with Crippen LogP contribution in [0, 0.1) is 0 Å².